The lowest BCUT2D eigenvalue weighted by molar-refractivity contribution is -0.122. The summed E-state index contributed by atoms with van der Waals surface area (Å²) in [4.78, 5) is 21.7. The van der Waals surface area contributed by atoms with E-state index in [1.54, 1.807) is 11.2 Å². The quantitative estimate of drug-likeness (QED) is 0.894. The van der Waals surface area contributed by atoms with Gasteiger partial charge in [0.2, 0.25) is 5.91 Å². The largest absolute Gasteiger partial charge is 0.348 e. The monoisotopic (exact) mass is 255 g/mol. The molecular formula is C15H17N3O. The van der Waals surface area contributed by atoms with E-state index >= 15 is 0 Å². The molecule has 1 aromatic heterocycles. The van der Waals surface area contributed by atoms with Crippen molar-refractivity contribution in [1.29, 1.82) is 0 Å². The van der Waals surface area contributed by atoms with E-state index in [2.05, 4.69) is 9.97 Å². The number of benzene rings is 1. The number of fused-ring (bicyclic) bond motifs is 1. The minimum atomic E-state index is 0.0538. The summed E-state index contributed by atoms with van der Waals surface area (Å²) in [5.74, 6) is 0.240. The van der Waals surface area contributed by atoms with Crippen molar-refractivity contribution in [3.63, 3.8) is 0 Å². The minimum Gasteiger partial charge on any atom is -0.348 e. The van der Waals surface area contributed by atoms with E-state index in [0.717, 1.165) is 36.3 Å². The van der Waals surface area contributed by atoms with Gasteiger partial charge in [-0.05, 0) is 25.0 Å². The summed E-state index contributed by atoms with van der Waals surface area (Å²) in [6.45, 7) is 0. The van der Waals surface area contributed by atoms with Gasteiger partial charge in [0.15, 0.2) is 0 Å². The van der Waals surface area contributed by atoms with Crippen LogP contribution in [0, 0.1) is 5.92 Å². The number of anilines is 1. The molecule has 4 nitrogen and oxygen atoms in total. The van der Waals surface area contributed by atoms with Gasteiger partial charge in [-0.2, -0.15) is 0 Å². The molecule has 0 aliphatic heterocycles. The molecule has 0 saturated heterocycles. The predicted octanol–water partition coefficient (Wildman–Crippen LogP) is 2.18. The van der Waals surface area contributed by atoms with Crippen molar-refractivity contribution in [3.8, 4) is 0 Å². The lowest BCUT2D eigenvalue weighted by Gasteiger charge is -2.26. The SMILES string of the molecule is CN(C(=O)C1CCc2nc[nH]c2C1)c1ccccc1. The number of aromatic amines is 1. The highest BCUT2D eigenvalue weighted by atomic mass is 16.2. The summed E-state index contributed by atoms with van der Waals surface area (Å²) in [7, 11) is 1.85. The maximum atomic E-state index is 12.5. The van der Waals surface area contributed by atoms with Gasteiger partial charge in [-0.1, -0.05) is 18.2 Å². The average Bonchev–Trinajstić information content (AvgIpc) is 2.94. The van der Waals surface area contributed by atoms with Crippen LogP contribution >= 0.6 is 0 Å². The van der Waals surface area contributed by atoms with Crippen molar-refractivity contribution in [2.45, 2.75) is 19.3 Å². The molecule has 3 rings (SSSR count). The van der Waals surface area contributed by atoms with Gasteiger partial charge < -0.3 is 9.88 Å². The van der Waals surface area contributed by atoms with E-state index in [9.17, 15) is 4.79 Å². The molecule has 2 aromatic rings. The molecule has 0 saturated carbocycles. The molecule has 4 heteroatoms. The molecule has 1 N–H and O–H groups in total. The Morgan fingerprint density at radius 1 is 1.37 bits per heavy atom. The van der Waals surface area contributed by atoms with Gasteiger partial charge in [0.05, 0.1) is 12.0 Å². The molecule has 1 aromatic carbocycles. The maximum absolute atomic E-state index is 12.5. The number of para-hydroxylation sites is 1. The second-order valence-electron chi connectivity index (χ2n) is 5.00. The number of imidazole rings is 1. The molecule has 0 radical (unpaired) electrons. The minimum absolute atomic E-state index is 0.0538. The van der Waals surface area contributed by atoms with Crippen LogP contribution in [0.5, 0.6) is 0 Å². The Morgan fingerprint density at radius 3 is 2.95 bits per heavy atom. The number of rotatable bonds is 2. The highest BCUT2D eigenvalue weighted by Crippen LogP contribution is 2.25. The first-order chi connectivity index (χ1) is 9.25. The Kier molecular flexibility index (Phi) is 3.07. The first-order valence-corrected chi connectivity index (χ1v) is 6.59. The van der Waals surface area contributed by atoms with Crippen LogP contribution in [0.2, 0.25) is 0 Å². The number of hydrogen-bond acceptors (Lipinski definition) is 2. The van der Waals surface area contributed by atoms with Gasteiger partial charge in [-0.15, -0.1) is 0 Å². The summed E-state index contributed by atoms with van der Waals surface area (Å²) in [6, 6.07) is 9.78. The van der Waals surface area contributed by atoms with Crippen molar-refractivity contribution in [2.24, 2.45) is 5.92 Å². The van der Waals surface area contributed by atoms with Gasteiger partial charge in [0, 0.05) is 30.8 Å². The number of nitrogens with zero attached hydrogens (tertiary/aromatic N) is 2. The topological polar surface area (TPSA) is 49.0 Å². The summed E-state index contributed by atoms with van der Waals surface area (Å²) >= 11 is 0. The van der Waals surface area contributed by atoms with E-state index < -0.39 is 0 Å². The zero-order chi connectivity index (χ0) is 13.2. The number of aromatic nitrogens is 2. The molecule has 19 heavy (non-hydrogen) atoms. The molecule has 1 aliphatic carbocycles. The maximum Gasteiger partial charge on any atom is 0.230 e. The summed E-state index contributed by atoms with van der Waals surface area (Å²) < 4.78 is 0. The number of H-pyrrole nitrogens is 1. The van der Waals surface area contributed by atoms with Gasteiger partial charge >= 0.3 is 0 Å². The Hall–Kier alpha value is -2.10. The fourth-order valence-electron chi connectivity index (χ4n) is 2.66. The first kappa shape index (κ1) is 12.0. The standard InChI is InChI=1S/C15H17N3O/c1-18(12-5-3-2-4-6-12)15(19)11-7-8-13-14(9-11)17-10-16-13/h2-6,10-11H,7-9H2,1H3,(H,16,17). The number of carbonyl (C=O) groups is 1. The third kappa shape index (κ3) is 2.26. The van der Waals surface area contributed by atoms with Gasteiger partial charge in [-0.25, -0.2) is 4.98 Å². The summed E-state index contributed by atoms with van der Waals surface area (Å²) in [6.07, 6.45) is 4.26. The lowest BCUT2D eigenvalue weighted by Crippen LogP contribution is -2.35. The van der Waals surface area contributed by atoms with Crippen molar-refractivity contribution in [3.05, 3.63) is 48.0 Å². The molecule has 1 amide bonds. The van der Waals surface area contributed by atoms with E-state index in [1.807, 2.05) is 37.4 Å². The fourth-order valence-corrected chi connectivity index (χ4v) is 2.66. The number of aryl methyl sites for hydroxylation is 1. The van der Waals surface area contributed by atoms with E-state index in [-0.39, 0.29) is 11.8 Å². The number of amides is 1. The third-order valence-electron chi connectivity index (χ3n) is 3.81. The molecule has 1 heterocycles. The Labute approximate surface area is 112 Å². The van der Waals surface area contributed by atoms with Gasteiger partial charge in [0.1, 0.15) is 0 Å². The van der Waals surface area contributed by atoms with Crippen LogP contribution < -0.4 is 4.90 Å². The van der Waals surface area contributed by atoms with E-state index in [1.165, 1.54) is 0 Å². The normalized spacial score (nSPS) is 17.8. The molecule has 98 valence electrons. The highest BCUT2D eigenvalue weighted by molar-refractivity contribution is 5.94. The third-order valence-corrected chi connectivity index (χ3v) is 3.81. The average molecular weight is 255 g/mol. The number of hydrogen-bond donors (Lipinski definition) is 1. The van der Waals surface area contributed by atoms with Crippen LogP contribution in [0.15, 0.2) is 36.7 Å². The van der Waals surface area contributed by atoms with Crippen molar-refractivity contribution in [2.75, 3.05) is 11.9 Å². The van der Waals surface area contributed by atoms with Crippen LogP contribution in [0.25, 0.3) is 0 Å². The predicted molar refractivity (Wildman–Crippen MR) is 74.0 cm³/mol. The smallest absolute Gasteiger partial charge is 0.230 e. The van der Waals surface area contributed by atoms with Crippen LogP contribution in [-0.2, 0) is 17.6 Å². The second kappa shape index (κ2) is 4.88. The highest BCUT2D eigenvalue weighted by Gasteiger charge is 2.28. The van der Waals surface area contributed by atoms with Crippen LogP contribution in [0.3, 0.4) is 0 Å². The Bertz CT molecular complexity index is 576. The molecular weight excluding hydrogens is 238 g/mol. The van der Waals surface area contributed by atoms with Crippen LogP contribution in [0.4, 0.5) is 5.69 Å². The molecule has 0 bridgehead atoms. The van der Waals surface area contributed by atoms with Gasteiger partial charge in [0.25, 0.3) is 0 Å². The number of carbonyl (C=O) groups excluding carboxylic acids is 1. The zero-order valence-corrected chi connectivity index (χ0v) is 11.0. The fraction of sp³-hybridized carbons (Fsp3) is 0.333. The van der Waals surface area contributed by atoms with Crippen molar-refractivity contribution < 1.29 is 4.79 Å². The second-order valence-corrected chi connectivity index (χ2v) is 5.00. The summed E-state index contributed by atoms with van der Waals surface area (Å²) in [5, 5.41) is 0. The molecule has 0 fully saturated rings. The molecule has 1 unspecified atom stereocenters. The zero-order valence-electron chi connectivity index (χ0n) is 11.0. The Balaban J connectivity index is 1.75. The summed E-state index contributed by atoms with van der Waals surface area (Å²) in [5.41, 5.74) is 3.18. The van der Waals surface area contributed by atoms with Gasteiger partial charge in [-0.3, -0.25) is 4.79 Å². The van der Waals surface area contributed by atoms with E-state index in [0.29, 0.717) is 0 Å². The van der Waals surface area contributed by atoms with Crippen molar-refractivity contribution in [1.82, 2.24) is 9.97 Å². The molecule has 1 aliphatic rings. The lowest BCUT2D eigenvalue weighted by atomic mass is 9.88. The number of nitrogens with one attached hydrogen (secondary N) is 1. The van der Waals surface area contributed by atoms with Crippen molar-refractivity contribution >= 4 is 11.6 Å². The first-order valence-electron chi connectivity index (χ1n) is 6.59. The Morgan fingerprint density at radius 2 is 2.16 bits per heavy atom. The van der Waals surface area contributed by atoms with Crippen LogP contribution in [-0.4, -0.2) is 22.9 Å². The van der Waals surface area contributed by atoms with E-state index in [4.69, 9.17) is 0 Å². The van der Waals surface area contributed by atoms with Crippen LogP contribution in [0.1, 0.15) is 17.8 Å². The molecule has 1 atom stereocenters. The molecule has 0 spiro atoms.